The van der Waals surface area contributed by atoms with Gasteiger partial charge in [-0.3, -0.25) is 14.0 Å². The predicted octanol–water partition coefficient (Wildman–Crippen LogP) is 7.97. The van der Waals surface area contributed by atoms with E-state index in [1.807, 2.05) is 0 Å². The Morgan fingerprint density at radius 1 is 0.977 bits per heavy atom. The van der Waals surface area contributed by atoms with Crippen LogP contribution in [0, 0.1) is 11.6 Å². The largest absolute Gasteiger partial charge is 0.416 e. The topological polar surface area (TPSA) is 75.5 Å². The number of halogens is 8. The van der Waals surface area contributed by atoms with Crippen molar-refractivity contribution < 1.29 is 40.3 Å². The number of nitrogens with zero attached hydrogens (tertiary/aromatic N) is 2. The van der Waals surface area contributed by atoms with Crippen molar-refractivity contribution in [2.24, 2.45) is 0 Å². The maximum Gasteiger partial charge on any atom is 0.416 e. The molecule has 6 nitrogen and oxygen atoms in total. The number of pyridine rings is 1. The number of hydrogen-bond acceptors (Lipinski definition) is 3. The van der Waals surface area contributed by atoms with Crippen molar-refractivity contribution in [3.05, 3.63) is 123 Å². The summed E-state index contributed by atoms with van der Waals surface area (Å²) in [5.74, 6) is -3.81. The van der Waals surface area contributed by atoms with Gasteiger partial charge in [0.1, 0.15) is 23.0 Å². The second-order valence-corrected chi connectivity index (χ2v) is 10.3. The van der Waals surface area contributed by atoms with Gasteiger partial charge >= 0.3 is 6.18 Å². The second kappa shape index (κ2) is 10.7. The number of hydrogen-bond donors (Lipinski definition) is 2. The molecule has 0 saturated carbocycles. The average Bonchev–Trinajstić information content (AvgIpc) is 3.54. The number of amides is 2. The number of carbonyl (C=O) groups is 2. The number of aromatic nitrogens is 2. The number of alkyl halides is 5. The van der Waals surface area contributed by atoms with Gasteiger partial charge in [-0.2, -0.15) is 13.2 Å². The molecular formula is C30H16ClF7N4O2. The van der Waals surface area contributed by atoms with Crippen LogP contribution in [-0.2, 0) is 6.18 Å². The first kappa shape index (κ1) is 29.2. The molecule has 1 aliphatic heterocycles. The van der Waals surface area contributed by atoms with Crippen molar-refractivity contribution in [3.63, 3.8) is 0 Å². The third-order valence-electron chi connectivity index (χ3n) is 7.08. The summed E-state index contributed by atoms with van der Waals surface area (Å²) in [6.45, 7) is 0. The average molecular weight is 633 g/mol. The van der Waals surface area contributed by atoms with Crippen LogP contribution in [0.25, 0.3) is 16.8 Å². The maximum atomic E-state index is 14.2. The molecule has 0 radical (unpaired) electrons. The number of fused-ring (bicyclic) bond motifs is 2. The molecule has 2 amide bonds. The van der Waals surface area contributed by atoms with Gasteiger partial charge in [0.15, 0.2) is 0 Å². The fraction of sp³-hybridized carbons (Fsp3) is 0.100. The van der Waals surface area contributed by atoms with Gasteiger partial charge in [-0.1, -0.05) is 11.6 Å². The summed E-state index contributed by atoms with van der Waals surface area (Å²) in [4.78, 5) is 30.4. The lowest BCUT2D eigenvalue weighted by Gasteiger charge is -2.19. The van der Waals surface area contributed by atoms with Gasteiger partial charge in [-0.05, 0) is 71.8 Å². The zero-order valence-corrected chi connectivity index (χ0v) is 22.6. The lowest BCUT2D eigenvalue weighted by Crippen LogP contribution is -2.21. The highest BCUT2D eigenvalue weighted by Gasteiger charge is 2.36. The minimum Gasteiger partial charge on any atom is -0.341 e. The summed E-state index contributed by atoms with van der Waals surface area (Å²) in [5.41, 5.74) is -1.61. The molecule has 44 heavy (non-hydrogen) atoms. The molecule has 1 aliphatic rings. The first-order chi connectivity index (χ1) is 20.8. The van der Waals surface area contributed by atoms with Crippen molar-refractivity contribution in [2.45, 2.75) is 18.6 Å². The Hall–Kier alpha value is -4.91. The van der Waals surface area contributed by atoms with E-state index in [2.05, 4.69) is 15.6 Å². The molecule has 0 spiro atoms. The minimum atomic E-state index is -4.95. The normalized spacial score (nSPS) is 14.7. The van der Waals surface area contributed by atoms with Crippen LogP contribution in [0.1, 0.15) is 55.6 Å². The van der Waals surface area contributed by atoms with Gasteiger partial charge in [0.25, 0.3) is 18.2 Å². The molecule has 224 valence electrons. The van der Waals surface area contributed by atoms with Crippen molar-refractivity contribution in [1.82, 2.24) is 14.7 Å². The van der Waals surface area contributed by atoms with E-state index in [0.29, 0.717) is 17.7 Å². The van der Waals surface area contributed by atoms with Gasteiger partial charge in [0.2, 0.25) is 0 Å². The van der Waals surface area contributed by atoms with Crippen LogP contribution in [0.4, 0.5) is 36.4 Å². The van der Waals surface area contributed by atoms with E-state index in [1.165, 1.54) is 36.5 Å². The number of benzene rings is 3. The molecule has 3 aromatic carbocycles. The number of imidazole rings is 1. The highest BCUT2D eigenvalue weighted by atomic mass is 35.5. The number of anilines is 1. The lowest BCUT2D eigenvalue weighted by atomic mass is 9.93. The van der Waals surface area contributed by atoms with Crippen LogP contribution in [0.2, 0.25) is 5.02 Å². The van der Waals surface area contributed by atoms with Crippen molar-refractivity contribution in [3.8, 4) is 11.1 Å². The number of nitrogens with one attached hydrogen (secondary N) is 2. The van der Waals surface area contributed by atoms with E-state index in [9.17, 15) is 40.3 Å². The Kier molecular flexibility index (Phi) is 7.07. The number of carbonyl (C=O) groups excluding carboxylic acids is 2. The Bertz CT molecular complexity index is 1990. The summed E-state index contributed by atoms with van der Waals surface area (Å²) >= 11 is 6.31. The van der Waals surface area contributed by atoms with E-state index < -0.39 is 58.9 Å². The van der Waals surface area contributed by atoms with Gasteiger partial charge in [-0.25, -0.2) is 22.5 Å². The maximum absolute atomic E-state index is 14.2. The monoisotopic (exact) mass is 632 g/mol. The summed E-state index contributed by atoms with van der Waals surface area (Å²) in [6.07, 6.45) is -5.46. The molecule has 1 unspecified atom stereocenters. The lowest BCUT2D eigenvalue weighted by molar-refractivity contribution is -0.137. The Labute approximate surface area is 248 Å². The van der Waals surface area contributed by atoms with Crippen LogP contribution in [0.15, 0.2) is 73.1 Å². The van der Waals surface area contributed by atoms with Gasteiger partial charge in [0.05, 0.1) is 17.8 Å². The predicted molar refractivity (Wildman–Crippen MR) is 146 cm³/mol. The molecule has 2 N–H and O–H groups in total. The first-order valence-corrected chi connectivity index (χ1v) is 13.1. The molecule has 3 heterocycles. The quantitative estimate of drug-likeness (QED) is 0.193. The van der Waals surface area contributed by atoms with Crippen LogP contribution in [0.3, 0.4) is 0 Å². The summed E-state index contributed by atoms with van der Waals surface area (Å²) in [6, 6.07) is 9.39. The third kappa shape index (κ3) is 5.23. The summed E-state index contributed by atoms with van der Waals surface area (Å²) < 4.78 is 96.6. The van der Waals surface area contributed by atoms with E-state index in [0.717, 1.165) is 22.7 Å². The first-order valence-electron chi connectivity index (χ1n) is 12.7. The summed E-state index contributed by atoms with van der Waals surface area (Å²) in [5, 5.41) is 5.17. The second-order valence-electron chi connectivity index (χ2n) is 9.87. The van der Waals surface area contributed by atoms with Crippen molar-refractivity contribution >= 4 is 34.7 Å². The standard InChI is InChI=1S/C30H16ClF7N4O2/c31-21-3-2-17(32)10-19(21)26-25-20(29(44)41-26)7-14(13-1-4-24-39-11-23(27(34)35)42(24)12-13)8-22(25)40-28(43)15-5-16(30(36,37)38)9-18(33)6-15/h1-12,26-27H,(H,40,43)(H,41,44). The van der Waals surface area contributed by atoms with Crippen LogP contribution in [-0.4, -0.2) is 21.2 Å². The zero-order chi connectivity index (χ0) is 31.5. The Morgan fingerprint density at radius 2 is 1.75 bits per heavy atom. The van der Waals surface area contributed by atoms with Crippen LogP contribution < -0.4 is 10.6 Å². The van der Waals surface area contributed by atoms with Crippen LogP contribution >= 0.6 is 11.6 Å². The van der Waals surface area contributed by atoms with E-state index >= 15 is 0 Å². The highest BCUT2D eigenvalue weighted by molar-refractivity contribution is 6.31. The zero-order valence-electron chi connectivity index (χ0n) is 21.8. The molecule has 6 rings (SSSR count). The van der Waals surface area contributed by atoms with Crippen molar-refractivity contribution in [2.75, 3.05) is 5.32 Å². The fourth-order valence-electron chi connectivity index (χ4n) is 5.08. The smallest absolute Gasteiger partial charge is 0.341 e. The molecule has 0 saturated heterocycles. The highest BCUT2D eigenvalue weighted by Crippen LogP contribution is 2.42. The molecule has 1 atom stereocenters. The molecule has 5 aromatic rings. The van der Waals surface area contributed by atoms with E-state index in [4.69, 9.17) is 11.6 Å². The minimum absolute atomic E-state index is 0.0156. The van der Waals surface area contributed by atoms with Crippen LogP contribution in [0.5, 0.6) is 0 Å². The summed E-state index contributed by atoms with van der Waals surface area (Å²) in [7, 11) is 0. The Balaban J connectivity index is 1.52. The molecular weight excluding hydrogens is 617 g/mol. The molecule has 0 bridgehead atoms. The van der Waals surface area contributed by atoms with Gasteiger partial charge in [0, 0.05) is 39.2 Å². The molecule has 0 aliphatic carbocycles. The Morgan fingerprint density at radius 3 is 2.48 bits per heavy atom. The van der Waals surface area contributed by atoms with Crippen molar-refractivity contribution in [1.29, 1.82) is 0 Å². The fourth-order valence-corrected chi connectivity index (χ4v) is 5.31. The van der Waals surface area contributed by atoms with E-state index in [1.54, 1.807) is 0 Å². The number of rotatable bonds is 5. The molecule has 14 heteroatoms. The van der Waals surface area contributed by atoms with Gasteiger partial charge < -0.3 is 10.6 Å². The van der Waals surface area contributed by atoms with Gasteiger partial charge in [-0.15, -0.1) is 0 Å². The molecule has 2 aromatic heterocycles. The third-order valence-corrected chi connectivity index (χ3v) is 7.43. The van der Waals surface area contributed by atoms with E-state index in [-0.39, 0.29) is 44.7 Å². The SMILES string of the molecule is O=C(Nc1cc(-c2ccc3ncc(C(F)F)n3c2)cc2c1C(c1cc(F)ccc1Cl)NC2=O)c1cc(F)cc(C(F)(F)F)c1. The molecule has 0 fully saturated rings.